The van der Waals surface area contributed by atoms with Crippen LogP contribution in [0.4, 0.5) is 0 Å². The van der Waals surface area contributed by atoms with E-state index in [0.717, 1.165) is 29.8 Å². The van der Waals surface area contributed by atoms with Gasteiger partial charge in [-0.25, -0.2) is 9.67 Å². The van der Waals surface area contributed by atoms with Crippen LogP contribution in [0.1, 0.15) is 35.0 Å². The van der Waals surface area contributed by atoms with E-state index in [0.29, 0.717) is 12.1 Å². The van der Waals surface area contributed by atoms with Gasteiger partial charge in [-0.3, -0.25) is 14.7 Å². The number of rotatable bonds is 9. The number of nitrogens with zero attached hydrogens (tertiary/aromatic N) is 4. The number of benzene rings is 1. The molecule has 0 aliphatic heterocycles. The Labute approximate surface area is 168 Å². The minimum absolute atomic E-state index is 0.0782. The molecule has 0 radical (unpaired) electrons. The molecule has 2 amide bonds. The van der Waals surface area contributed by atoms with Crippen LogP contribution in [0.2, 0.25) is 0 Å². The number of carbonyl (C=O) groups is 2. The van der Waals surface area contributed by atoms with Gasteiger partial charge in [0.05, 0.1) is 17.8 Å². The number of aryl methyl sites for hydroxylation is 2. The maximum atomic E-state index is 12.4. The standard InChI is InChI=1S/C20H25N7O2/c1-14(19(28)22-8-4-6-17-11-24-26-15(17)2)10-23-20(29)16-5-3-7-18(9-16)27-13-21-12-25-27/h3,5,7,9,11-14H,4,6,8,10H2,1-2H3,(H,22,28)(H,23,29)(H,24,26). The Kier molecular flexibility index (Phi) is 6.72. The largest absolute Gasteiger partial charge is 0.356 e. The average Bonchev–Trinajstić information content (AvgIpc) is 3.41. The minimum Gasteiger partial charge on any atom is -0.356 e. The van der Waals surface area contributed by atoms with Gasteiger partial charge >= 0.3 is 0 Å². The zero-order chi connectivity index (χ0) is 20.6. The molecule has 3 rings (SSSR count). The molecule has 9 nitrogen and oxygen atoms in total. The summed E-state index contributed by atoms with van der Waals surface area (Å²) in [6, 6.07) is 7.07. The van der Waals surface area contributed by atoms with E-state index in [1.165, 1.54) is 6.33 Å². The highest BCUT2D eigenvalue weighted by atomic mass is 16.2. The lowest BCUT2D eigenvalue weighted by molar-refractivity contribution is -0.124. The van der Waals surface area contributed by atoms with Crippen molar-refractivity contribution in [3.05, 3.63) is 59.9 Å². The van der Waals surface area contributed by atoms with Gasteiger partial charge in [-0.05, 0) is 43.5 Å². The van der Waals surface area contributed by atoms with Crippen LogP contribution in [0.5, 0.6) is 0 Å². The number of aromatic amines is 1. The number of H-pyrrole nitrogens is 1. The molecule has 1 aromatic carbocycles. The van der Waals surface area contributed by atoms with Gasteiger partial charge in [0.15, 0.2) is 0 Å². The van der Waals surface area contributed by atoms with Crippen molar-refractivity contribution < 1.29 is 9.59 Å². The molecular weight excluding hydrogens is 370 g/mol. The molecule has 1 unspecified atom stereocenters. The minimum atomic E-state index is -0.326. The molecule has 0 aliphatic rings. The van der Waals surface area contributed by atoms with Crippen LogP contribution in [-0.4, -0.2) is 49.9 Å². The highest BCUT2D eigenvalue weighted by molar-refractivity contribution is 5.95. The first-order valence-corrected chi connectivity index (χ1v) is 9.54. The van der Waals surface area contributed by atoms with Crippen molar-refractivity contribution in [1.29, 1.82) is 0 Å². The lowest BCUT2D eigenvalue weighted by atomic mass is 10.1. The third-order valence-electron chi connectivity index (χ3n) is 4.66. The van der Waals surface area contributed by atoms with Crippen LogP contribution in [-0.2, 0) is 11.2 Å². The Bertz CT molecular complexity index is 949. The topological polar surface area (TPSA) is 118 Å². The Balaban J connectivity index is 1.42. The van der Waals surface area contributed by atoms with Crippen molar-refractivity contribution in [3.8, 4) is 5.69 Å². The number of carbonyl (C=O) groups excluding carboxylic acids is 2. The highest BCUT2D eigenvalue weighted by Gasteiger charge is 2.15. The maximum absolute atomic E-state index is 12.4. The number of nitrogens with one attached hydrogen (secondary N) is 3. The predicted molar refractivity (Wildman–Crippen MR) is 108 cm³/mol. The van der Waals surface area contributed by atoms with Crippen molar-refractivity contribution in [2.24, 2.45) is 5.92 Å². The third-order valence-corrected chi connectivity index (χ3v) is 4.66. The molecule has 29 heavy (non-hydrogen) atoms. The number of amides is 2. The lowest BCUT2D eigenvalue weighted by Crippen LogP contribution is -2.37. The van der Waals surface area contributed by atoms with Gasteiger partial charge in [0.2, 0.25) is 5.91 Å². The van der Waals surface area contributed by atoms with E-state index in [2.05, 4.69) is 30.9 Å². The van der Waals surface area contributed by atoms with Crippen LogP contribution in [0.15, 0.2) is 43.1 Å². The van der Waals surface area contributed by atoms with Crippen molar-refractivity contribution in [3.63, 3.8) is 0 Å². The molecule has 3 aromatic rings. The van der Waals surface area contributed by atoms with Gasteiger partial charge in [0, 0.05) is 24.3 Å². The van der Waals surface area contributed by atoms with Crippen LogP contribution in [0.25, 0.3) is 5.69 Å². The van der Waals surface area contributed by atoms with Gasteiger partial charge in [-0.2, -0.15) is 10.2 Å². The number of hydrogen-bond acceptors (Lipinski definition) is 5. The van der Waals surface area contributed by atoms with Crippen molar-refractivity contribution >= 4 is 11.8 Å². The molecule has 0 fully saturated rings. The van der Waals surface area contributed by atoms with E-state index < -0.39 is 0 Å². The molecule has 2 heterocycles. The Hall–Kier alpha value is -3.49. The van der Waals surface area contributed by atoms with Crippen LogP contribution >= 0.6 is 0 Å². The summed E-state index contributed by atoms with van der Waals surface area (Å²) in [5.74, 6) is -0.638. The van der Waals surface area contributed by atoms with E-state index >= 15 is 0 Å². The van der Waals surface area contributed by atoms with E-state index in [4.69, 9.17) is 0 Å². The molecule has 1 atom stereocenters. The molecule has 3 N–H and O–H groups in total. The van der Waals surface area contributed by atoms with E-state index in [-0.39, 0.29) is 24.3 Å². The first kappa shape index (κ1) is 20.2. The maximum Gasteiger partial charge on any atom is 0.251 e. The highest BCUT2D eigenvalue weighted by Crippen LogP contribution is 2.09. The first-order valence-electron chi connectivity index (χ1n) is 9.54. The first-order chi connectivity index (χ1) is 14.0. The fourth-order valence-corrected chi connectivity index (χ4v) is 2.86. The third kappa shape index (κ3) is 5.50. The summed E-state index contributed by atoms with van der Waals surface area (Å²) in [5.41, 5.74) is 3.46. The molecule has 152 valence electrons. The Morgan fingerprint density at radius 1 is 1.28 bits per heavy atom. The van der Waals surface area contributed by atoms with Crippen molar-refractivity contribution in [2.75, 3.05) is 13.1 Å². The molecule has 2 aromatic heterocycles. The quantitative estimate of drug-likeness (QED) is 0.474. The molecule has 0 spiro atoms. The second-order valence-electron chi connectivity index (χ2n) is 6.92. The number of hydrogen-bond donors (Lipinski definition) is 3. The smallest absolute Gasteiger partial charge is 0.251 e. The van der Waals surface area contributed by atoms with Gasteiger partial charge in [0.25, 0.3) is 5.91 Å². The Morgan fingerprint density at radius 2 is 2.14 bits per heavy atom. The Morgan fingerprint density at radius 3 is 2.86 bits per heavy atom. The fraction of sp³-hybridized carbons (Fsp3) is 0.350. The fourth-order valence-electron chi connectivity index (χ4n) is 2.86. The van der Waals surface area contributed by atoms with Crippen molar-refractivity contribution in [1.82, 2.24) is 35.6 Å². The van der Waals surface area contributed by atoms with Crippen LogP contribution in [0, 0.1) is 12.8 Å². The summed E-state index contributed by atoms with van der Waals surface area (Å²) in [6.07, 6.45) is 6.50. The molecule has 0 aliphatic carbocycles. The normalized spacial score (nSPS) is 11.8. The molecule has 0 saturated heterocycles. The summed E-state index contributed by atoms with van der Waals surface area (Å²) >= 11 is 0. The molecular formula is C20H25N7O2. The van der Waals surface area contributed by atoms with Crippen LogP contribution < -0.4 is 10.6 Å². The summed E-state index contributed by atoms with van der Waals surface area (Å²) in [7, 11) is 0. The second kappa shape index (κ2) is 9.63. The SMILES string of the molecule is Cc1[nH]ncc1CCCNC(=O)C(C)CNC(=O)c1cccc(-n2cncn2)c1. The summed E-state index contributed by atoms with van der Waals surface area (Å²) in [6.45, 7) is 4.62. The van der Waals surface area contributed by atoms with Crippen LogP contribution in [0.3, 0.4) is 0 Å². The molecule has 0 saturated carbocycles. The van der Waals surface area contributed by atoms with E-state index in [1.54, 1.807) is 36.1 Å². The van der Waals surface area contributed by atoms with E-state index in [9.17, 15) is 9.59 Å². The summed E-state index contributed by atoms with van der Waals surface area (Å²) in [4.78, 5) is 28.6. The average molecular weight is 395 g/mol. The van der Waals surface area contributed by atoms with Gasteiger partial charge in [0.1, 0.15) is 12.7 Å². The second-order valence-corrected chi connectivity index (χ2v) is 6.92. The van der Waals surface area contributed by atoms with Crippen molar-refractivity contribution in [2.45, 2.75) is 26.7 Å². The van der Waals surface area contributed by atoms with Gasteiger partial charge < -0.3 is 10.6 Å². The number of aromatic nitrogens is 5. The van der Waals surface area contributed by atoms with E-state index in [1.807, 2.05) is 19.2 Å². The van der Waals surface area contributed by atoms with Gasteiger partial charge in [-0.15, -0.1) is 0 Å². The summed E-state index contributed by atoms with van der Waals surface area (Å²) < 4.78 is 1.58. The van der Waals surface area contributed by atoms with Gasteiger partial charge in [-0.1, -0.05) is 13.0 Å². The molecule has 0 bridgehead atoms. The zero-order valence-corrected chi connectivity index (χ0v) is 16.6. The lowest BCUT2D eigenvalue weighted by Gasteiger charge is -2.13. The summed E-state index contributed by atoms with van der Waals surface area (Å²) in [5, 5.41) is 16.7. The monoisotopic (exact) mass is 395 g/mol. The zero-order valence-electron chi connectivity index (χ0n) is 16.6. The molecule has 9 heteroatoms. The predicted octanol–water partition coefficient (Wildman–Crippen LogP) is 1.41.